The van der Waals surface area contributed by atoms with Crippen LogP contribution in [0.5, 0.6) is 11.5 Å². The Morgan fingerprint density at radius 3 is 2.45 bits per heavy atom. The van der Waals surface area contributed by atoms with Crippen molar-refractivity contribution in [2.24, 2.45) is 5.73 Å². The first kappa shape index (κ1) is 13.2. The van der Waals surface area contributed by atoms with Crippen LogP contribution in [0.4, 0.5) is 0 Å². The third-order valence-electron chi connectivity index (χ3n) is 3.38. The topological polar surface area (TPSA) is 108 Å². The Morgan fingerprint density at radius 2 is 1.85 bits per heavy atom. The second-order valence-electron chi connectivity index (χ2n) is 4.86. The summed E-state index contributed by atoms with van der Waals surface area (Å²) in [4.78, 5) is 11.3. The summed E-state index contributed by atoms with van der Waals surface area (Å²) in [6, 6.07) is 4.33. The normalized spacial score (nSPS) is 19.4. The van der Waals surface area contributed by atoms with Crippen LogP contribution in [0.1, 0.15) is 12.8 Å². The molecule has 3 N–H and O–H groups in total. The zero-order valence-electron chi connectivity index (χ0n) is 10.6. The fourth-order valence-corrected chi connectivity index (χ4v) is 3.48. The minimum Gasteiger partial charge on any atom is -0.486 e. The zero-order valence-corrected chi connectivity index (χ0v) is 11.4. The van der Waals surface area contributed by atoms with Crippen molar-refractivity contribution in [3.05, 3.63) is 18.2 Å². The van der Waals surface area contributed by atoms with Crippen LogP contribution in [0.2, 0.25) is 0 Å². The summed E-state index contributed by atoms with van der Waals surface area (Å²) >= 11 is 0. The van der Waals surface area contributed by atoms with Crippen LogP contribution in [0, 0.1) is 0 Å². The highest BCUT2D eigenvalue weighted by Gasteiger charge is 2.51. The number of carbonyl (C=O) groups excluding carboxylic acids is 1. The molecule has 1 aliphatic carbocycles. The predicted molar refractivity (Wildman–Crippen MR) is 68.9 cm³/mol. The number of carbonyl (C=O) groups is 1. The van der Waals surface area contributed by atoms with E-state index in [4.69, 9.17) is 15.2 Å². The first-order chi connectivity index (χ1) is 9.43. The number of nitrogens with two attached hydrogens (primary N) is 1. The zero-order chi connectivity index (χ0) is 14.4. The lowest BCUT2D eigenvalue weighted by Gasteiger charge is -2.19. The van der Waals surface area contributed by atoms with Crippen molar-refractivity contribution < 1.29 is 22.7 Å². The SMILES string of the molecule is NC(=O)C1(NS(=O)(=O)c2ccc3c(c2)OCCO3)CC1. The summed E-state index contributed by atoms with van der Waals surface area (Å²) in [6.07, 6.45) is 0.845. The van der Waals surface area contributed by atoms with Crippen LogP contribution in [-0.4, -0.2) is 33.1 Å². The van der Waals surface area contributed by atoms with Gasteiger partial charge in [-0.3, -0.25) is 4.79 Å². The molecule has 1 amide bonds. The van der Waals surface area contributed by atoms with Gasteiger partial charge in [0.05, 0.1) is 4.90 Å². The Labute approximate surface area is 116 Å². The van der Waals surface area contributed by atoms with Gasteiger partial charge < -0.3 is 15.2 Å². The average Bonchev–Trinajstić information content (AvgIpc) is 3.18. The number of ether oxygens (including phenoxy) is 2. The minimum absolute atomic E-state index is 0.0225. The highest BCUT2D eigenvalue weighted by atomic mass is 32.2. The van der Waals surface area contributed by atoms with Gasteiger partial charge in [-0.15, -0.1) is 0 Å². The van der Waals surface area contributed by atoms with Crippen molar-refractivity contribution in [3.63, 3.8) is 0 Å². The van der Waals surface area contributed by atoms with Gasteiger partial charge in [-0.1, -0.05) is 0 Å². The van der Waals surface area contributed by atoms with E-state index in [0.29, 0.717) is 37.6 Å². The highest BCUT2D eigenvalue weighted by molar-refractivity contribution is 7.89. The van der Waals surface area contributed by atoms with Gasteiger partial charge in [0.2, 0.25) is 15.9 Å². The number of hydrogen-bond acceptors (Lipinski definition) is 5. The molecule has 0 atom stereocenters. The van der Waals surface area contributed by atoms with E-state index in [-0.39, 0.29) is 4.90 Å². The summed E-state index contributed by atoms with van der Waals surface area (Å²) in [5, 5.41) is 0. The molecular formula is C12H14N2O5S. The molecule has 1 saturated carbocycles. The molecule has 1 fully saturated rings. The Kier molecular flexibility index (Phi) is 2.87. The minimum atomic E-state index is -3.82. The number of amides is 1. The van der Waals surface area contributed by atoms with E-state index >= 15 is 0 Å². The first-order valence-electron chi connectivity index (χ1n) is 6.17. The molecular weight excluding hydrogens is 284 g/mol. The van der Waals surface area contributed by atoms with Gasteiger partial charge in [0.25, 0.3) is 0 Å². The van der Waals surface area contributed by atoms with Crippen molar-refractivity contribution in [1.82, 2.24) is 4.72 Å². The summed E-state index contributed by atoms with van der Waals surface area (Å²) in [6.45, 7) is 0.803. The molecule has 7 nitrogen and oxygen atoms in total. The molecule has 0 saturated heterocycles. The summed E-state index contributed by atoms with van der Waals surface area (Å²) in [5.41, 5.74) is 4.09. The van der Waals surface area contributed by atoms with Crippen LogP contribution in [0.25, 0.3) is 0 Å². The molecule has 0 aromatic heterocycles. The number of rotatable bonds is 4. The Hall–Kier alpha value is -1.80. The molecule has 3 rings (SSSR count). The number of sulfonamides is 1. The predicted octanol–water partition coefficient (Wildman–Crippen LogP) is -0.246. The molecule has 1 heterocycles. The molecule has 1 aromatic carbocycles. The lowest BCUT2D eigenvalue weighted by Crippen LogP contribution is -2.46. The standard InChI is InChI=1S/C12H14N2O5S/c13-11(15)12(3-4-12)14-20(16,17)8-1-2-9-10(7-8)19-6-5-18-9/h1-2,7,14H,3-6H2,(H2,13,15). The van der Waals surface area contributed by atoms with E-state index < -0.39 is 21.5 Å². The van der Waals surface area contributed by atoms with Crippen LogP contribution < -0.4 is 19.9 Å². The van der Waals surface area contributed by atoms with Gasteiger partial charge in [-0.25, -0.2) is 8.42 Å². The third kappa shape index (κ3) is 2.20. The second kappa shape index (κ2) is 4.35. The van der Waals surface area contributed by atoms with Crippen LogP contribution in [-0.2, 0) is 14.8 Å². The smallest absolute Gasteiger partial charge is 0.241 e. The quantitative estimate of drug-likeness (QED) is 0.797. The lowest BCUT2D eigenvalue weighted by atomic mass is 10.3. The van der Waals surface area contributed by atoms with Gasteiger partial charge in [0.15, 0.2) is 11.5 Å². The monoisotopic (exact) mass is 298 g/mol. The fraction of sp³-hybridized carbons (Fsp3) is 0.417. The lowest BCUT2D eigenvalue weighted by molar-refractivity contribution is -0.120. The van der Waals surface area contributed by atoms with Crippen LogP contribution in [0.15, 0.2) is 23.1 Å². The van der Waals surface area contributed by atoms with Crippen LogP contribution in [0.3, 0.4) is 0 Å². The number of benzene rings is 1. The largest absolute Gasteiger partial charge is 0.486 e. The molecule has 0 radical (unpaired) electrons. The maximum absolute atomic E-state index is 12.3. The van der Waals surface area contributed by atoms with Crippen molar-refractivity contribution in [1.29, 1.82) is 0 Å². The van der Waals surface area contributed by atoms with Crippen LogP contribution >= 0.6 is 0 Å². The first-order valence-corrected chi connectivity index (χ1v) is 7.65. The second-order valence-corrected chi connectivity index (χ2v) is 6.54. The Bertz CT molecular complexity index is 666. The number of hydrogen-bond donors (Lipinski definition) is 2. The van der Waals surface area contributed by atoms with Gasteiger partial charge in [-0.2, -0.15) is 4.72 Å². The van der Waals surface area contributed by atoms with E-state index in [0.717, 1.165) is 0 Å². The molecule has 0 bridgehead atoms. The maximum atomic E-state index is 12.3. The number of nitrogens with one attached hydrogen (secondary N) is 1. The summed E-state index contributed by atoms with van der Waals surface area (Å²) in [7, 11) is -3.82. The average molecular weight is 298 g/mol. The third-order valence-corrected chi connectivity index (χ3v) is 4.91. The molecule has 1 aliphatic heterocycles. The highest BCUT2D eigenvalue weighted by Crippen LogP contribution is 2.38. The van der Waals surface area contributed by atoms with E-state index in [1.807, 2.05) is 0 Å². The van der Waals surface area contributed by atoms with E-state index in [1.54, 1.807) is 0 Å². The Balaban J connectivity index is 1.90. The van der Waals surface area contributed by atoms with E-state index in [9.17, 15) is 13.2 Å². The van der Waals surface area contributed by atoms with E-state index in [1.165, 1.54) is 18.2 Å². The fourth-order valence-electron chi connectivity index (χ4n) is 2.03. The summed E-state index contributed by atoms with van der Waals surface area (Å²) < 4.78 is 37.6. The number of primary amides is 1. The van der Waals surface area contributed by atoms with Gasteiger partial charge in [0.1, 0.15) is 18.8 Å². The molecule has 0 spiro atoms. The van der Waals surface area contributed by atoms with Crippen molar-refractivity contribution in [2.45, 2.75) is 23.3 Å². The number of fused-ring (bicyclic) bond motifs is 1. The molecule has 1 aromatic rings. The molecule has 2 aliphatic rings. The van der Waals surface area contributed by atoms with Crippen molar-refractivity contribution in [2.75, 3.05) is 13.2 Å². The summed E-state index contributed by atoms with van der Waals surface area (Å²) in [5.74, 6) is 0.230. The van der Waals surface area contributed by atoms with E-state index in [2.05, 4.69) is 4.72 Å². The molecule has 20 heavy (non-hydrogen) atoms. The Morgan fingerprint density at radius 1 is 1.20 bits per heavy atom. The van der Waals surface area contributed by atoms with Crippen molar-refractivity contribution >= 4 is 15.9 Å². The molecule has 0 unspecified atom stereocenters. The van der Waals surface area contributed by atoms with Gasteiger partial charge in [0, 0.05) is 6.07 Å². The molecule has 8 heteroatoms. The van der Waals surface area contributed by atoms with Gasteiger partial charge >= 0.3 is 0 Å². The molecule has 108 valence electrons. The van der Waals surface area contributed by atoms with Crippen molar-refractivity contribution in [3.8, 4) is 11.5 Å². The van der Waals surface area contributed by atoms with Gasteiger partial charge in [-0.05, 0) is 25.0 Å². The maximum Gasteiger partial charge on any atom is 0.241 e.